The van der Waals surface area contributed by atoms with E-state index in [0.29, 0.717) is 5.52 Å². The number of amides is 1. The molecular weight excluding hydrogens is 261 g/mol. The zero-order valence-corrected chi connectivity index (χ0v) is 11.4. The van der Waals surface area contributed by atoms with Crippen molar-refractivity contribution in [1.29, 1.82) is 0 Å². The van der Waals surface area contributed by atoms with E-state index in [0.717, 1.165) is 12.5 Å². The van der Waals surface area contributed by atoms with Gasteiger partial charge in [-0.15, -0.1) is 0 Å². The van der Waals surface area contributed by atoms with Crippen LogP contribution >= 0.6 is 0 Å². The summed E-state index contributed by atoms with van der Waals surface area (Å²) < 4.78 is 14.4. The molecule has 0 aliphatic rings. The van der Waals surface area contributed by atoms with Gasteiger partial charge in [-0.25, -0.2) is 9.37 Å². The SMILES string of the molecule is CCC(C)NC(=O)Cn1cnc2ccc(F)cc2c1=O. The van der Waals surface area contributed by atoms with Gasteiger partial charge in [0.2, 0.25) is 5.91 Å². The maximum absolute atomic E-state index is 13.2. The van der Waals surface area contributed by atoms with E-state index in [4.69, 9.17) is 0 Å². The summed E-state index contributed by atoms with van der Waals surface area (Å²) in [5.41, 5.74) is -0.0104. The van der Waals surface area contributed by atoms with Crippen molar-refractivity contribution in [1.82, 2.24) is 14.9 Å². The Labute approximate surface area is 115 Å². The average Bonchev–Trinajstić information content (AvgIpc) is 2.42. The fourth-order valence-electron chi connectivity index (χ4n) is 1.82. The topological polar surface area (TPSA) is 64.0 Å². The highest BCUT2D eigenvalue weighted by atomic mass is 19.1. The number of nitrogens with one attached hydrogen (secondary N) is 1. The van der Waals surface area contributed by atoms with Crippen LogP contribution in [-0.4, -0.2) is 21.5 Å². The molecular formula is C14H16FN3O2. The number of benzene rings is 1. The van der Waals surface area contributed by atoms with E-state index < -0.39 is 11.4 Å². The first-order valence-electron chi connectivity index (χ1n) is 6.45. The van der Waals surface area contributed by atoms with Crippen LogP contribution in [0, 0.1) is 5.82 Å². The molecule has 5 nitrogen and oxygen atoms in total. The number of aromatic nitrogens is 2. The van der Waals surface area contributed by atoms with Crippen molar-refractivity contribution in [2.24, 2.45) is 0 Å². The number of carbonyl (C=O) groups is 1. The molecule has 0 saturated heterocycles. The normalized spacial score (nSPS) is 12.3. The number of halogens is 1. The molecule has 1 heterocycles. The van der Waals surface area contributed by atoms with Crippen LogP contribution in [0.5, 0.6) is 0 Å². The molecule has 1 aromatic carbocycles. The van der Waals surface area contributed by atoms with Gasteiger partial charge in [0.25, 0.3) is 5.56 Å². The highest BCUT2D eigenvalue weighted by Crippen LogP contribution is 2.08. The number of nitrogens with zero attached hydrogens (tertiary/aromatic N) is 2. The molecule has 0 spiro atoms. The van der Waals surface area contributed by atoms with Gasteiger partial charge in [0.15, 0.2) is 0 Å². The smallest absolute Gasteiger partial charge is 0.261 e. The van der Waals surface area contributed by atoms with Crippen molar-refractivity contribution in [2.75, 3.05) is 0 Å². The van der Waals surface area contributed by atoms with Gasteiger partial charge in [-0.3, -0.25) is 14.2 Å². The van der Waals surface area contributed by atoms with Gasteiger partial charge in [-0.1, -0.05) is 6.92 Å². The first kappa shape index (κ1) is 14.2. The predicted octanol–water partition coefficient (Wildman–Crippen LogP) is 1.45. The quantitative estimate of drug-likeness (QED) is 0.920. The molecule has 0 aliphatic heterocycles. The molecule has 0 aliphatic carbocycles. The van der Waals surface area contributed by atoms with Gasteiger partial charge in [-0.05, 0) is 31.5 Å². The second-order valence-corrected chi connectivity index (χ2v) is 4.72. The molecule has 1 unspecified atom stereocenters. The molecule has 0 saturated carbocycles. The van der Waals surface area contributed by atoms with Crippen molar-refractivity contribution >= 4 is 16.8 Å². The van der Waals surface area contributed by atoms with Crippen LogP contribution in [0.4, 0.5) is 4.39 Å². The van der Waals surface area contributed by atoms with E-state index in [1.54, 1.807) is 0 Å². The zero-order chi connectivity index (χ0) is 14.7. The molecule has 6 heteroatoms. The van der Waals surface area contributed by atoms with Crippen molar-refractivity contribution in [3.05, 3.63) is 40.7 Å². The lowest BCUT2D eigenvalue weighted by Crippen LogP contribution is -2.37. The largest absolute Gasteiger partial charge is 0.352 e. The lowest BCUT2D eigenvalue weighted by Gasteiger charge is -2.12. The highest BCUT2D eigenvalue weighted by molar-refractivity contribution is 5.79. The Bertz CT molecular complexity index is 696. The van der Waals surface area contributed by atoms with Crippen molar-refractivity contribution in [3.8, 4) is 0 Å². The maximum atomic E-state index is 13.2. The molecule has 0 fully saturated rings. The summed E-state index contributed by atoms with van der Waals surface area (Å²) in [6.45, 7) is 3.72. The summed E-state index contributed by atoms with van der Waals surface area (Å²) in [5, 5.41) is 2.93. The summed E-state index contributed by atoms with van der Waals surface area (Å²) >= 11 is 0. The minimum absolute atomic E-state index is 0.0454. The summed E-state index contributed by atoms with van der Waals surface area (Å²) in [5.74, 6) is -0.766. The van der Waals surface area contributed by atoms with Crippen LogP contribution in [0.3, 0.4) is 0 Å². The standard InChI is InChI=1S/C14H16FN3O2/c1-3-9(2)17-13(19)7-18-8-16-12-5-4-10(15)6-11(12)14(18)20/h4-6,8-9H,3,7H2,1-2H3,(H,17,19). The Kier molecular flexibility index (Phi) is 4.12. The molecule has 0 radical (unpaired) electrons. The minimum Gasteiger partial charge on any atom is -0.352 e. The number of hydrogen-bond donors (Lipinski definition) is 1. The summed E-state index contributed by atoms with van der Waals surface area (Å²) in [6, 6.07) is 3.86. The Morgan fingerprint density at radius 3 is 2.95 bits per heavy atom. The van der Waals surface area contributed by atoms with Crippen molar-refractivity contribution in [2.45, 2.75) is 32.9 Å². The van der Waals surface area contributed by atoms with E-state index in [9.17, 15) is 14.0 Å². The van der Waals surface area contributed by atoms with Crippen LogP contribution in [0.2, 0.25) is 0 Å². The monoisotopic (exact) mass is 277 g/mol. The highest BCUT2D eigenvalue weighted by Gasteiger charge is 2.10. The van der Waals surface area contributed by atoms with Crippen LogP contribution in [0.15, 0.2) is 29.3 Å². The third-order valence-electron chi connectivity index (χ3n) is 3.12. The van der Waals surface area contributed by atoms with E-state index in [1.807, 2.05) is 13.8 Å². The molecule has 106 valence electrons. The number of fused-ring (bicyclic) bond motifs is 1. The zero-order valence-electron chi connectivity index (χ0n) is 11.4. The third kappa shape index (κ3) is 3.01. The van der Waals surface area contributed by atoms with Gasteiger partial charge in [0.1, 0.15) is 12.4 Å². The fourth-order valence-corrected chi connectivity index (χ4v) is 1.82. The Morgan fingerprint density at radius 2 is 2.25 bits per heavy atom. The average molecular weight is 277 g/mol. The van der Waals surface area contributed by atoms with Crippen LogP contribution in [0.1, 0.15) is 20.3 Å². The molecule has 1 atom stereocenters. The molecule has 1 aromatic heterocycles. The molecule has 20 heavy (non-hydrogen) atoms. The van der Waals surface area contributed by atoms with Gasteiger partial charge in [0, 0.05) is 6.04 Å². The number of hydrogen-bond acceptors (Lipinski definition) is 3. The molecule has 1 amide bonds. The summed E-state index contributed by atoms with van der Waals surface area (Å²) in [7, 11) is 0. The minimum atomic E-state index is -0.502. The van der Waals surface area contributed by atoms with Gasteiger partial charge < -0.3 is 5.32 Å². The Hall–Kier alpha value is -2.24. The molecule has 2 rings (SSSR count). The predicted molar refractivity (Wildman–Crippen MR) is 73.9 cm³/mol. The van der Waals surface area contributed by atoms with Gasteiger partial charge in [-0.2, -0.15) is 0 Å². The van der Waals surface area contributed by atoms with Gasteiger partial charge in [0.05, 0.1) is 17.2 Å². The Balaban J connectivity index is 2.29. The second-order valence-electron chi connectivity index (χ2n) is 4.72. The summed E-state index contributed by atoms with van der Waals surface area (Å²) in [6.07, 6.45) is 2.11. The van der Waals surface area contributed by atoms with E-state index in [-0.39, 0.29) is 23.9 Å². The van der Waals surface area contributed by atoms with E-state index in [1.165, 1.54) is 23.0 Å². The van der Waals surface area contributed by atoms with Crippen LogP contribution in [0.25, 0.3) is 10.9 Å². The second kappa shape index (κ2) is 5.81. The molecule has 1 N–H and O–H groups in total. The molecule has 2 aromatic rings. The number of rotatable bonds is 4. The first-order chi connectivity index (χ1) is 9.51. The van der Waals surface area contributed by atoms with Crippen molar-refractivity contribution < 1.29 is 9.18 Å². The lowest BCUT2D eigenvalue weighted by molar-refractivity contribution is -0.122. The lowest BCUT2D eigenvalue weighted by atomic mass is 10.2. The van der Waals surface area contributed by atoms with E-state index >= 15 is 0 Å². The van der Waals surface area contributed by atoms with E-state index in [2.05, 4.69) is 10.3 Å². The maximum Gasteiger partial charge on any atom is 0.261 e. The summed E-state index contributed by atoms with van der Waals surface area (Å²) in [4.78, 5) is 28.0. The van der Waals surface area contributed by atoms with Crippen LogP contribution < -0.4 is 10.9 Å². The van der Waals surface area contributed by atoms with Gasteiger partial charge >= 0.3 is 0 Å². The fraction of sp³-hybridized carbons (Fsp3) is 0.357. The molecule has 0 bridgehead atoms. The Morgan fingerprint density at radius 1 is 1.50 bits per heavy atom. The number of carbonyl (C=O) groups excluding carboxylic acids is 1. The van der Waals surface area contributed by atoms with Crippen molar-refractivity contribution in [3.63, 3.8) is 0 Å². The third-order valence-corrected chi connectivity index (χ3v) is 3.12. The first-order valence-corrected chi connectivity index (χ1v) is 6.45. The van der Waals surface area contributed by atoms with Crippen LogP contribution in [-0.2, 0) is 11.3 Å².